The van der Waals surface area contributed by atoms with Crippen molar-refractivity contribution in [3.8, 4) is 0 Å². The normalized spacial score (nSPS) is 10.7. The lowest BCUT2D eigenvalue weighted by molar-refractivity contribution is 0.837. The Morgan fingerprint density at radius 2 is 2.00 bits per heavy atom. The molecule has 0 unspecified atom stereocenters. The van der Waals surface area contributed by atoms with Crippen molar-refractivity contribution in [2.24, 2.45) is 7.05 Å². The first-order valence-electron chi connectivity index (χ1n) is 5.79. The number of aromatic nitrogens is 1. The molecule has 18 heavy (non-hydrogen) atoms. The minimum atomic E-state index is 0.739. The van der Waals surface area contributed by atoms with E-state index < -0.39 is 0 Å². The highest BCUT2D eigenvalue weighted by Gasteiger charge is 2.07. The Bertz CT molecular complexity index is 575. The first kappa shape index (κ1) is 13.5. The van der Waals surface area contributed by atoms with Gasteiger partial charge in [-0.05, 0) is 43.7 Å². The highest BCUT2D eigenvalue weighted by molar-refractivity contribution is 9.10. The molecule has 0 saturated heterocycles. The minimum Gasteiger partial charge on any atom is -0.380 e. The molecule has 0 saturated carbocycles. The SMILES string of the molecule is Cc1cc(CNc2cc(Br)ccc2Cl)c(C)n1C. The van der Waals surface area contributed by atoms with Gasteiger partial charge in [-0.25, -0.2) is 0 Å². The van der Waals surface area contributed by atoms with Crippen LogP contribution in [0.15, 0.2) is 28.7 Å². The predicted molar refractivity (Wildman–Crippen MR) is 81.4 cm³/mol. The van der Waals surface area contributed by atoms with Crippen molar-refractivity contribution in [2.45, 2.75) is 20.4 Å². The molecule has 0 atom stereocenters. The van der Waals surface area contributed by atoms with Crippen LogP contribution < -0.4 is 5.32 Å². The Labute approximate surface area is 121 Å². The Morgan fingerprint density at radius 3 is 2.61 bits per heavy atom. The van der Waals surface area contributed by atoms with E-state index in [2.05, 4.69) is 52.8 Å². The summed E-state index contributed by atoms with van der Waals surface area (Å²) in [6.45, 7) is 5.03. The Balaban J connectivity index is 2.16. The van der Waals surface area contributed by atoms with Crippen LogP contribution in [0.25, 0.3) is 0 Å². The van der Waals surface area contributed by atoms with Crippen molar-refractivity contribution in [3.05, 3.63) is 50.7 Å². The quantitative estimate of drug-likeness (QED) is 0.867. The summed E-state index contributed by atoms with van der Waals surface area (Å²) >= 11 is 9.60. The number of rotatable bonds is 3. The van der Waals surface area contributed by atoms with Crippen molar-refractivity contribution in [2.75, 3.05) is 5.32 Å². The van der Waals surface area contributed by atoms with Gasteiger partial charge < -0.3 is 9.88 Å². The zero-order chi connectivity index (χ0) is 13.3. The lowest BCUT2D eigenvalue weighted by atomic mass is 10.2. The smallest absolute Gasteiger partial charge is 0.0638 e. The molecule has 0 aliphatic rings. The summed E-state index contributed by atoms with van der Waals surface area (Å²) in [5.41, 5.74) is 4.80. The maximum atomic E-state index is 6.15. The third kappa shape index (κ3) is 2.73. The zero-order valence-electron chi connectivity index (χ0n) is 10.7. The Morgan fingerprint density at radius 1 is 1.28 bits per heavy atom. The van der Waals surface area contributed by atoms with Crippen LogP contribution in [-0.4, -0.2) is 4.57 Å². The first-order valence-corrected chi connectivity index (χ1v) is 6.97. The second-order valence-electron chi connectivity index (χ2n) is 4.43. The largest absolute Gasteiger partial charge is 0.380 e. The molecule has 0 aliphatic heterocycles. The number of aryl methyl sites for hydroxylation is 1. The van der Waals surface area contributed by atoms with Gasteiger partial charge in [0.15, 0.2) is 0 Å². The zero-order valence-corrected chi connectivity index (χ0v) is 13.1. The van der Waals surface area contributed by atoms with Crippen LogP contribution in [0, 0.1) is 13.8 Å². The molecular weight excluding hydrogens is 312 g/mol. The summed E-state index contributed by atoms with van der Waals surface area (Å²) < 4.78 is 3.22. The summed E-state index contributed by atoms with van der Waals surface area (Å²) in [4.78, 5) is 0. The van der Waals surface area contributed by atoms with Gasteiger partial charge in [0.05, 0.1) is 10.7 Å². The highest BCUT2D eigenvalue weighted by Crippen LogP contribution is 2.26. The van der Waals surface area contributed by atoms with E-state index in [4.69, 9.17) is 11.6 Å². The van der Waals surface area contributed by atoms with Crippen LogP contribution >= 0.6 is 27.5 Å². The molecule has 1 heterocycles. The van der Waals surface area contributed by atoms with Crippen LogP contribution in [0.3, 0.4) is 0 Å². The summed E-state index contributed by atoms with van der Waals surface area (Å²) in [7, 11) is 2.08. The molecule has 2 nitrogen and oxygen atoms in total. The highest BCUT2D eigenvalue weighted by atomic mass is 79.9. The van der Waals surface area contributed by atoms with Crippen LogP contribution in [0.2, 0.25) is 5.02 Å². The number of nitrogens with zero attached hydrogens (tertiary/aromatic N) is 1. The Kier molecular flexibility index (Phi) is 4.03. The predicted octanol–water partition coefficient (Wildman–Crippen LogP) is 4.67. The summed E-state index contributed by atoms with van der Waals surface area (Å²) in [6.07, 6.45) is 0. The van der Waals surface area contributed by atoms with E-state index in [1.54, 1.807) is 0 Å². The molecule has 4 heteroatoms. The van der Waals surface area contributed by atoms with E-state index in [1.165, 1.54) is 17.0 Å². The molecular formula is C14H16BrClN2. The van der Waals surface area contributed by atoms with Crippen molar-refractivity contribution < 1.29 is 0 Å². The van der Waals surface area contributed by atoms with Crippen molar-refractivity contribution in [1.82, 2.24) is 4.57 Å². The fourth-order valence-electron chi connectivity index (χ4n) is 1.94. The first-order chi connectivity index (χ1) is 8.49. The van der Waals surface area contributed by atoms with Crippen molar-refractivity contribution >= 4 is 33.2 Å². The van der Waals surface area contributed by atoms with Gasteiger partial charge in [0, 0.05) is 29.5 Å². The van der Waals surface area contributed by atoms with Gasteiger partial charge in [0.25, 0.3) is 0 Å². The van der Waals surface area contributed by atoms with Crippen molar-refractivity contribution in [3.63, 3.8) is 0 Å². The molecule has 1 aromatic heterocycles. The van der Waals surface area contributed by atoms with E-state index in [0.717, 1.165) is 21.7 Å². The van der Waals surface area contributed by atoms with E-state index in [1.807, 2.05) is 18.2 Å². The second kappa shape index (κ2) is 5.37. The number of benzene rings is 1. The monoisotopic (exact) mass is 326 g/mol. The molecule has 0 amide bonds. The molecule has 0 spiro atoms. The van der Waals surface area contributed by atoms with Gasteiger partial charge in [0.2, 0.25) is 0 Å². The number of anilines is 1. The maximum Gasteiger partial charge on any atom is 0.0638 e. The number of nitrogens with one attached hydrogen (secondary N) is 1. The molecule has 1 N–H and O–H groups in total. The minimum absolute atomic E-state index is 0.739. The van der Waals surface area contributed by atoms with E-state index in [-0.39, 0.29) is 0 Å². The molecule has 96 valence electrons. The van der Waals surface area contributed by atoms with Gasteiger partial charge in [-0.15, -0.1) is 0 Å². The second-order valence-corrected chi connectivity index (χ2v) is 5.76. The molecule has 2 aromatic rings. The number of halogens is 2. The molecule has 1 aromatic carbocycles. The standard InChI is InChI=1S/C14H16BrClN2/c1-9-6-11(10(2)18(9)3)8-17-14-7-12(15)4-5-13(14)16/h4-7,17H,8H2,1-3H3. The van der Waals surface area contributed by atoms with Crippen LogP contribution in [0.5, 0.6) is 0 Å². The summed E-state index contributed by atoms with van der Waals surface area (Å²) in [6, 6.07) is 8.02. The lowest BCUT2D eigenvalue weighted by Gasteiger charge is -2.09. The van der Waals surface area contributed by atoms with Crippen LogP contribution in [0.1, 0.15) is 17.0 Å². The third-order valence-corrected chi connectivity index (χ3v) is 4.10. The molecule has 2 rings (SSSR count). The number of hydrogen-bond acceptors (Lipinski definition) is 1. The maximum absolute atomic E-state index is 6.15. The van der Waals surface area contributed by atoms with Gasteiger partial charge >= 0.3 is 0 Å². The topological polar surface area (TPSA) is 17.0 Å². The summed E-state index contributed by atoms with van der Waals surface area (Å²) in [5, 5.41) is 4.12. The fraction of sp³-hybridized carbons (Fsp3) is 0.286. The van der Waals surface area contributed by atoms with Gasteiger partial charge in [-0.3, -0.25) is 0 Å². The van der Waals surface area contributed by atoms with Gasteiger partial charge in [-0.1, -0.05) is 27.5 Å². The Hall–Kier alpha value is -0.930. The molecule has 0 radical (unpaired) electrons. The number of hydrogen-bond donors (Lipinski definition) is 1. The van der Waals surface area contributed by atoms with E-state index in [0.29, 0.717) is 0 Å². The van der Waals surface area contributed by atoms with Gasteiger partial charge in [0.1, 0.15) is 0 Å². The van der Waals surface area contributed by atoms with E-state index >= 15 is 0 Å². The third-order valence-electron chi connectivity index (χ3n) is 3.28. The van der Waals surface area contributed by atoms with Gasteiger partial charge in [-0.2, -0.15) is 0 Å². The lowest BCUT2D eigenvalue weighted by Crippen LogP contribution is -2.01. The molecule has 0 fully saturated rings. The average molecular weight is 328 g/mol. The molecule has 0 aliphatic carbocycles. The fourth-order valence-corrected chi connectivity index (χ4v) is 2.48. The van der Waals surface area contributed by atoms with Crippen LogP contribution in [0.4, 0.5) is 5.69 Å². The van der Waals surface area contributed by atoms with E-state index in [9.17, 15) is 0 Å². The van der Waals surface area contributed by atoms with Crippen molar-refractivity contribution in [1.29, 1.82) is 0 Å². The molecule has 0 bridgehead atoms. The average Bonchev–Trinajstić information content (AvgIpc) is 2.58. The van der Waals surface area contributed by atoms with Crippen LogP contribution in [-0.2, 0) is 13.6 Å². The summed E-state index contributed by atoms with van der Waals surface area (Å²) in [5.74, 6) is 0.